The van der Waals surface area contributed by atoms with Crippen LogP contribution in [0.1, 0.15) is 30.9 Å². The molecule has 0 aliphatic rings. The molecule has 1 aromatic heterocycles. The fourth-order valence-electron chi connectivity index (χ4n) is 1.67. The van der Waals surface area contributed by atoms with Gasteiger partial charge in [0.05, 0.1) is 12.3 Å². The first kappa shape index (κ1) is 15.2. The van der Waals surface area contributed by atoms with Crippen molar-refractivity contribution in [2.75, 3.05) is 0 Å². The van der Waals surface area contributed by atoms with Gasteiger partial charge in [0, 0.05) is 23.1 Å². The Kier molecular flexibility index (Phi) is 5.76. The van der Waals surface area contributed by atoms with Crippen LogP contribution in [-0.2, 0) is 24.5 Å². The molecule has 0 saturated heterocycles. The molecule has 2 aromatic rings. The third-order valence-electron chi connectivity index (χ3n) is 2.73. The van der Waals surface area contributed by atoms with Crippen LogP contribution in [0.3, 0.4) is 0 Å². The number of hydrogen-bond acceptors (Lipinski definition) is 4. The van der Waals surface area contributed by atoms with E-state index in [1.807, 2.05) is 30.3 Å². The highest BCUT2D eigenvalue weighted by Gasteiger charge is 2.05. The highest BCUT2D eigenvalue weighted by Crippen LogP contribution is 2.12. The largest absolute Gasteiger partial charge is 0.369 e. The Balaban J connectivity index is 1.75. The van der Waals surface area contributed by atoms with Gasteiger partial charge in [0.2, 0.25) is 0 Å². The van der Waals surface area contributed by atoms with E-state index in [-0.39, 0.29) is 0 Å². The van der Waals surface area contributed by atoms with Gasteiger partial charge >= 0.3 is 0 Å². The molecule has 0 atom stereocenters. The summed E-state index contributed by atoms with van der Waals surface area (Å²) in [6, 6.07) is 10.4. The second-order valence-electron chi connectivity index (χ2n) is 4.94. The zero-order valence-electron chi connectivity index (χ0n) is 11.7. The van der Waals surface area contributed by atoms with Gasteiger partial charge in [-0.1, -0.05) is 47.1 Å². The summed E-state index contributed by atoms with van der Waals surface area (Å²) in [5.41, 5.74) is 2.04. The van der Waals surface area contributed by atoms with E-state index < -0.39 is 0 Å². The van der Waals surface area contributed by atoms with Gasteiger partial charge in [-0.3, -0.25) is 0 Å². The van der Waals surface area contributed by atoms with Crippen molar-refractivity contribution in [3.63, 3.8) is 0 Å². The van der Waals surface area contributed by atoms with Gasteiger partial charge < -0.3 is 14.6 Å². The van der Waals surface area contributed by atoms with Gasteiger partial charge in [-0.05, 0) is 17.7 Å². The number of rotatable bonds is 7. The molecule has 1 heterocycles. The number of ether oxygens (including phenoxy) is 1. The van der Waals surface area contributed by atoms with Crippen LogP contribution in [0.15, 0.2) is 39.3 Å². The van der Waals surface area contributed by atoms with Crippen LogP contribution in [0.25, 0.3) is 0 Å². The van der Waals surface area contributed by atoms with Gasteiger partial charge in [0.1, 0.15) is 6.61 Å². The Morgan fingerprint density at radius 3 is 2.70 bits per heavy atom. The van der Waals surface area contributed by atoms with Crippen molar-refractivity contribution >= 4 is 15.9 Å². The van der Waals surface area contributed by atoms with Crippen LogP contribution >= 0.6 is 15.9 Å². The molecule has 0 amide bonds. The predicted molar refractivity (Wildman–Crippen MR) is 81.1 cm³/mol. The molecule has 2 rings (SSSR count). The van der Waals surface area contributed by atoms with E-state index in [1.165, 1.54) is 0 Å². The smallest absolute Gasteiger partial charge is 0.162 e. The zero-order valence-corrected chi connectivity index (χ0v) is 13.3. The molecular weight excluding hydrogens is 320 g/mol. The highest BCUT2D eigenvalue weighted by atomic mass is 79.9. The van der Waals surface area contributed by atoms with Crippen molar-refractivity contribution < 1.29 is 9.26 Å². The normalized spacial score (nSPS) is 11.2. The van der Waals surface area contributed by atoms with Crippen LogP contribution in [-0.4, -0.2) is 11.2 Å². The molecule has 4 nitrogen and oxygen atoms in total. The molecule has 0 unspecified atom stereocenters. The first-order valence-corrected chi connectivity index (χ1v) is 7.43. The molecule has 1 aromatic carbocycles. The number of aromatic nitrogens is 1. The molecule has 1 N–H and O–H groups in total. The number of hydrogen-bond donors (Lipinski definition) is 1. The summed E-state index contributed by atoms with van der Waals surface area (Å²) < 4.78 is 11.9. The standard InChI is InChI=1S/C15H19BrN2O2/c1-11(2)17-8-14-7-15(20-18-14)10-19-9-12-3-5-13(16)6-4-12/h3-7,11,17H,8-10H2,1-2H3. The van der Waals surface area contributed by atoms with Crippen LogP contribution < -0.4 is 5.32 Å². The van der Waals surface area contributed by atoms with Crippen LogP contribution in [0.2, 0.25) is 0 Å². The van der Waals surface area contributed by atoms with Crippen LogP contribution in [0.4, 0.5) is 0 Å². The van der Waals surface area contributed by atoms with Crippen molar-refractivity contribution in [2.24, 2.45) is 0 Å². The summed E-state index contributed by atoms with van der Waals surface area (Å²) in [6.45, 7) is 5.91. The zero-order chi connectivity index (χ0) is 14.4. The Hall–Kier alpha value is -1.17. The Labute approximate surface area is 127 Å². The minimum Gasteiger partial charge on any atom is -0.369 e. The van der Waals surface area contributed by atoms with E-state index in [2.05, 4.69) is 40.3 Å². The van der Waals surface area contributed by atoms with Gasteiger partial charge in [-0.2, -0.15) is 0 Å². The molecular formula is C15H19BrN2O2. The molecule has 0 aliphatic carbocycles. The third-order valence-corrected chi connectivity index (χ3v) is 3.25. The van der Waals surface area contributed by atoms with E-state index in [0.29, 0.717) is 25.8 Å². The molecule has 5 heteroatoms. The van der Waals surface area contributed by atoms with Crippen molar-refractivity contribution in [1.82, 2.24) is 10.5 Å². The molecule has 108 valence electrons. The quantitative estimate of drug-likeness (QED) is 0.836. The van der Waals surface area contributed by atoms with E-state index >= 15 is 0 Å². The first-order valence-electron chi connectivity index (χ1n) is 6.63. The van der Waals surface area contributed by atoms with Crippen molar-refractivity contribution in [3.05, 3.63) is 51.8 Å². The van der Waals surface area contributed by atoms with Gasteiger partial charge in [0.15, 0.2) is 5.76 Å². The first-order chi connectivity index (χ1) is 9.63. The maximum atomic E-state index is 5.62. The summed E-state index contributed by atoms with van der Waals surface area (Å²) in [4.78, 5) is 0. The molecule has 0 radical (unpaired) electrons. The molecule has 0 aliphatic heterocycles. The van der Waals surface area contributed by atoms with Gasteiger partial charge in [-0.15, -0.1) is 0 Å². The lowest BCUT2D eigenvalue weighted by atomic mass is 10.2. The van der Waals surface area contributed by atoms with Crippen molar-refractivity contribution in [3.8, 4) is 0 Å². The highest BCUT2D eigenvalue weighted by molar-refractivity contribution is 9.10. The van der Waals surface area contributed by atoms with Crippen molar-refractivity contribution in [1.29, 1.82) is 0 Å². The average Bonchev–Trinajstić information content (AvgIpc) is 2.87. The summed E-state index contributed by atoms with van der Waals surface area (Å²) in [5, 5.41) is 7.30. The van der Waals surface area contributed by atoms with Crippen molar-refractivity contribution in [2.45, 2.75) is 39.6 Å². The second-order valence-corrected chi connectivity index (χ2v) is 5.86. The Morgan fingerprint density at radius 1 is 1.25 bits per heavy atom. The lowest BCUT2D eigenvalue weighted by molar-refractivity contribution is 0.0883. The Morgan fingerprint density at radius 2 is 2.00 bits per heavy atom. The monoisotopic (exact) mass is 338 g/mol. The predicted octanol–water partition coefficient (Wildman–Crippen LogP) is 3.65. The van der Waals surface area contributed by atoms with E-state index in [1.54, 1.807) is 0 Å². The van der Waals surface area contributed by atoms with Crippen LogP contribution in [0, 0.1) is 0 Å². The SMILES string of the molecule is CC(C)NCc1cc(COCc2ccc(Br)cc2)on1. The van der Waals surface area contributed by atoms with E-state index in [4.69, 9.17) is 9.26 Å². The summed E-state index contributed by atoms with van der Waals surface area (Å²) >= 11 is 3.41. The van der Waals surface area contributed by atoms with Crippen LogP contribution in [0.5, 0.6) is 0 Å². The average molecular weight is 339 g/mol. The minimum absolute atomic E-state index is 0.434. The molecule has 0 fully saturated rings. The summed E-state index contributed by atoms with van der Waals surface area (Å²) in [7, 11) is 0. The number of benzene rings is 1. The number of nitrogens with one attached hydrogen (secondary N) is 1. The molecule has 0 saturated carbocycles. The lowest BCUT2D eigenvalue weighted by Gasteiger charge is -2.03. The maximum absolute atomic E-state index is 5.62. The fourth-order valence-corrected chi connectivity index (χ4v) is 1.93. The maximum Gasteiger partial charge on any atom is 0.162 e. The summed E-state index contributed by atoms with van der Waals surface area (Å²) in [6.07, 6.45) is 0. The molecule has 20 heavy (non-hydrogen) atoms. The third kappa shape index (κ3) is 5.07. The van der Waals surface area contributed by atoms with E-state index in [0.717, 1.165) is 21.5 Å². The lowest BCUT2D eigenvalue weighted by Crippen LogP contribution is -2.21. The van der Waals surface area contributed by atoms with E-state index in [9.17, 15) is 0 Å². The number of nitrogens with zero attached hydrogens (tertiary/aromatic N) is 1. The fraction of sp³-hybridized carbons (Fsp3) is 0.400. The molecule has 0 bridgehead atoms. The second kappa shape index (κ2) is 7.57. The minimum atomic E-state index is 0.434. The van der Waals surface area contributed by atoms with Gasteiger partial charge in [-0.25, -0.2) is 0 Å². The Bertz CT molecular complexity index is 523. The molecule has 0 spiro atoms. The summed E-state index contributed by atoms with van der Waals surface area (Å²) in [5.74, 6) is 0.752. The number of halogens is 1. The topological polar surface area (TPSA) is 47.3 Å². The van der Waals surface area contributed by atoms with Gasteiger partial charge in [0.25, 0.3) is 0 Å².